The zero-order chi connectivity index (χ0) is 23.4. The lowest BCUT2D eigenvalue weighted by atomic mass is 10.1. The Labute approximate surface area is 186 Å². The van der Waals surface area contributed by atoms with Crippen molar-refractivity contribution in [2.24, 2.45) is 0 Å². The molecule has 32 heavy (non-hydrogen) atoms. The van der Waals surface area contributed by atoms with Gasteiger partial charge < -0.3 is 8.37 Å². The molecule has 1 heterocycles. The van der Waals surface area contributed by atoms with Crippen molar-refractivity contribution in [3.8, 4) is 11.5 Å². The normalized spacial score (nSPS) is 11.7. The van der Waals surface area contributed by atoms with E-state index in [1.54, 1.807) is 60.7 Å². The molecule has 0 bridgehead atoms. The first-order valence-corrected chi connectivity index (χ1v) is 12.9. The van der Waals surface area contributed by atoms with E-state index in [9.17, 15) is 21.6 Å². The van der Waals surface area contributed by atoms with Gasteiger partial charge in [-0.25, -0.2) is 4.79 Å². The summed E-state index contributed by atoms with van der Waals surface area (Å²) in [4.78, 5) is 20.2. The Bertz CT molecular complexity index is 1270. The first-order valence-electron chi connectivity index (χ1n) is 9.31. The third-order valence-electron chi connectivity index (χ3n) is 4.09. The highest BCUT2D eigenvalue weighted by Crippen LogP contribution is 2.35. The van der Waals surface area contributed by atoms with Crippen LogP contribution >= 0.6 is 0 Å². The second-order valence-corrected chi connectivity index (χ2v) is 10.1. The van der Waals surface area contributed by atoms with Gasteiger partial charge in [0.15, 0.2) is 0 Å². The van der Waals surface area contributed by atoms with Crippen molar-refractivity contribution in [3.05, 3.63) is 93.7 Å². The van der Waals surface area contributed by atoms with E-state index in [0.717, 1.165) is 12.5 Å². The Balaban J connectivity index is 2.32. The van der Waals surface area contributed by atoms with Crippen LogP contribution in [0.25, 0.3) is 0 Å². The van der Waals surface area contributed by atoms with Crippen LogP contribution in [0.1, 0.15) is 22.5 Å². The quantitative estimate of drug-likeness (QED) is 0.446. The monoisotopic (exact) mass is 476 g/mol. The highest BCUT2D eigenvalue weighted by molar-refractivity contribution is 7.86. The molecule has 11 heteroatoms. The van der Waals surface area contributed by atoms with Gasteiger partial charge in [0, 0.05) is 12.8 Å². The van der Waals surface area contributed by atoms with E-state index in [2.05, 4.69) is 9.97 Å². The number of hydrogen-bond acceptors (Lipinski definition) is 9. The molecular weight excluding hydrogens is 456 g/mol. The largest absolute Gasteiger partial charge is 0.376 e. The van der Waals surface area contributed by atoms with Crippen LogP contribution in [0, 0.1) is 0 Å². The van der Waals surface area contributed by atoms with Gasteiger partial charge in [-0.3, -0.25) is 0 Å². The number of benzene rings is 2. The predicted molar refractivity (Wildman–Crippen MR) is 118 cm³/mol. The highest BCUT2D eigenvalue weighted by atomic mass is 32.2. The Kier molecular flexibility index (Phi) is 6.90. The maximum atomic E-state index is 12.5. The maximum Gasteiger partial charge on any atom is 0.367 e. The van der Waals surface area contributed by atoms with Crippen LogP contribution < -0.4 is 14.1 Å². The van der Waals surface area contributed by atoms with Crippen LogP contribution in [0.15, 0.2) is 65.5 Å². The van der Waals surface area contributed by atoms with Crippen molar-refractivity contribution in [2.45, 2.75) is 12.8 Å². The second-order valence-electron chi connectivity index (χ2n) is 6.96. The summed E-state index contributed by atoms with van der Waals surface area (Å²) >= 11 is 0. The molecule has 0 radical (unpaired) electrons. The molecule has 0 aliphatic rings. The van der Waals surface area contributed by atoms with Gasteiger partial charge in [-0.05, 0) is 11.1 Å². The zero-order valence-electron chi connectivity index (χ0n) is 17.3. The molecule has 168 valence electrons. The van der Waals surface area contributed by atoms with Crippen LogP contribution in [-0.2, 0) is 33.1 Å². The molecule has 0 spiro atoms. The van der Waals surface area contributed by atoms with Crippen LogP contribution in [0.4, 0.5) is 0 Å². The number of rotatable bonds is 8. The van der Waals surface area contributed by atoms with E-state index in [4.69, 9.17) is 8.37 Å². The van der Waals surface area contributed by atoms with E-state index in [-0.39, 0.29) is 24.2 Å². The fraction of sp³-hybridized carbons (Fsp3) is 0.190. The number of aromatic nitrogens is 2. The van der Waals surface area contributed by atoms with E-state index in [1.165, 1.54) is 0 Å². The van der Waals surface area contributed by atoms with Gasteiger partial charge in [-0.2, -0.15) is 26.8 Å². The molecule has 0 atom stereocenters. The minimum Gasteiger partial charge on any atom is -0.376 e. The molecule has 0 fully saturated rings. The topological polar surface area (TPSA) is 130 Å². The smallest absolute Gasteiger partial charge is 0.367 e. The Morgan fingerprint density at radius 2 is 1.00 bits per heavy atom. The third kappa shape index (κ3) is 6.86. The molecule has 2 aromatic carbocycles. The van der Waals surface area contributed by atoms with Crippen molar-refractivity contribution in [3.63, 3.8) is 0 Å². The van der Waals surface area contributed by atoms with Crippen molar-refractivity contribution in [1.29, 1.82) is 0 Å². The molecule has 0 unspecified atom stereocenters. The van der Waals surface area contributed by atoms with Crippen LogP contribution in [-0.4, -0.2) is 39.3 Å². The standard InChI is InChI=1S/C21H20N2O7S2/c1-31(25,26)29-19-17(13-15-9-5-3-6-10-15)22-21(24)23-18(20(19)30-32(2,27)28)14-16-11-7-4-8-12-16/h3-12H,13-14H2,1-2H3. The average Bonchev–Trinajstić information content (AvgIpc) is 2.79. The molecule has 3 rings (SSSR count). The zero-order valence-corrected chi connectivity index (χ0v) is 18.9. The van der Waals surface area contributed by atoms with E-state index in [1.807, 2.05) is 0 Å². The van der Waals surface area contributed by atoms with Gasteiger partial charge >= 0.3 is 25.9 Å². The molecule has 9 nitrogen and oxygen atoms in total. The fourth-order valence-corrected chi connectivity index (χ4v) is 3.86. The predicted octanol–water partition coefficient (Wildman–Crippen LogP) is 1.70. The molecule has 0 aliphatic carbocycles. The van der Waals surface area contributed by atoms with Crippen molar-refractivity contribution < 1.29 is 25.2 Å². The summed E-state index contributed by atoms with van der Waals surface area (Å²) in [5, 5.41) is 0. The summed E-state index contributed by atoms with van der Waals surface area (Å²) < 4.78 is 58.3. The Morgan fingerprint density at radius 3 is 1.31 bits per heavy atom. The van der Waals surface area contributed by atoms with E-state index >= 15 is 0 Å². The molecular formula is C21H20N2O7S2. The average molecular weight is 477 g/mol. The van der Waals surface area contributed by atoms with Crippen molar-refractivity contribution in [2.75, 3.05) is 12.5 Å². The van der Waals surface area contributed by atoms with Crippen molar-refractivity contribution in [1.82, 2.24) is 9.97 Å². The first-order chi connectivity index (χ1) is 15.0. The van der Waals surface area contributed by atoms with Gasteiger partial charge in [-0.15, -0.1) is 0 Å². The van der Waals surface area contributed by atoms with Crippen LogP contribution in [0.2, 0.25) is 0 Å². The fourth-order valence-electron chi connectivity index (χ4n) is 2.91. The molecule has 0 saturated carbocycles. The lowest BCUT2D eigenvalue weighted by Crippen LogP contribution is -2.13. The van der Waals surface area contributed by atoms with Crippen LogP contribution in [0.3, 0.4) is 0 Å². The van der Waals surface area contributed by atoms with Gasteiger partial charge in [0.1, 0.15) is 0 Å². The summed E-state index contributed by atoms with van der Waals surface area (Å²) in [5.41, 5.74) is 0.162. The SMILES string of the molecule is CS(=O)(=O)Oc1c(Cc2ccccc2)nc(=O)nc(Cc2ccccc2)c1OS(C)(=O)=O. The van der Waals surface area contributed by atoms with Gasteiger partial charge in [-0.1, -0.05) is 60.7 Å². The van der Waals surface area contributed by atoms with E-state index in [0.29, 0.717) is 11.1 Å². The lowest BCUT2D eigenvalue weighted by Gasteiger charge is -2.13. The van der Waals surface area contributed by atoms with Crippen LogP contribution in [0.5, 0.6) is 11.5 Å². The van der Waals surface area contributed by atoms with E-state index < -0.39 is 37.4 Å². The molecule has 0 N–H and O–H groups in total. The Hall–Kier alpha value is -3.31. The number of hydrogen-bond donors (Lipinski definition) is 0. The minimum atomic E-state index is -4.15. The lowest BCUT2D eigenvalue weighted by molar-refractivity contribution is 0.450. The molecule has 1 aromatic heterocycles. The summed E-state index contributed by atoms with van der Waals surface area (Å²) in [6, 6.07) is 17.5. The molecule has 0 saturated heterocycles. The summed E-state index contributed by atoms with van der Waals surface area (Å²) in [7, 11) is -8.29. The maximum absolute atomic E-state index is 12.5. The minimum absolute atomic E-state index is 0.0256. The third-order valence-corrected chi connectivity index (χ3v) is 5.03. The Morgan fingerprint density at radius 1 is 0.656 bits per heavy atom. The van der Waals surface area contributed by atoms with Gasteiger partial charge in [0.05, 0.1) is 23.9 Å². The molecule has 0 amide bonds. The number of nitrogens with zero attached hydrogens (tertiary/aromatic N) is 2. The van der Waals surface area contributed by atoms with Gasteiger partial charge in [0.2, 0.25) is 11.5 Å². The first kappa shape index (κ1) is 23.4. The highest BCUT2D eigenvalue weighted by Gasteiger charge is 2.25. The van der Waals surface area contributed by atoms with Crippen molar-refractivity contribution >= 4 is 20.2 Å². The molecule has 0 aliphatic heterocycles. The summed E-state index contributed by atoms with van der Waals surface area (Å²) in [5.74, 6) is -0.996. The molecule has 3 aromatic rings. The summed E-state index contributed by atoms with van der Waals surface area (Å²) in [6.07, 6.45) is 1.53. The second kappa shape index (κ2) is 9.45. The van der Waals surface area contributed by atoms with Gasteiger partial charge in [0.25, 0.3) is 0 Å². The summed E-state index contributed by atoms with van der Waals surface area (Å²) in [6.45, 7) is 0.